The second kappa shape index (κ2) is 8.31. The molecule has 2 rings (SSSR count). The van der Waals surface area contributed by atoms with Gasteiger partial charge in [-0.05, 0) is 38.5 Å². The molecule has 2 aromatic carbocycles. The van der Waals surface area contributed by atoms with Crippen molar-refractivity contribution in [3.63, 3.8) is 0 Å². The van der Waals surface area contributed by atoms with Gasteiger partial charge in [0.05, 0.1) is 29.4 Å². The molecule has 1 N–H and O–H groups in total. The number of aryl methyl sites for hydroxylation is 2. The number of anilines is 1. The zero-order valence-corrected chi connectivity index (χ0v) is 15.4. The average molecular weight is 372 g/mol. The summed E-state index contributed by atoms with van der Waals surface area (Å²) < 4.78 is 10.3. The van der Waals surface area contributed by atoms with E-state index in [1.54, 1.807) is 19.1 Å². The fourth-order valence-electron chi connectivity index (χ4n) is 2.36. The number of hydrogen-bond donors (Lipinski definition) is 1. The molecule has 1 atom stereocenters. The number of carbonyl (C=O) groups is 2. The largest absolute Gasteiger partial charge is 0.494 e. The Hall–Kier alpha value is -3.42. The predicted octanol–water partition coefficient (Wildman–Crippen LogP) is 3.40. The maximum Gasteiger partial charge on any atom is 0.339 e. The molecule has 142 valence electrons. The highest BCUT2D eigenvalue weighted by Gasteiger charge is 2.22. The number of hydrogen-bond acceptors (Lipinski definition) is 6. The fourth-order valence-corrected chi connectivity index (χ4v) is 2.36. The minimum atomic E-state index is -1.07. The molecule has 0 aliphatic carbocycles. The third-order valence-electron chi connectivity index (χ3n) is 3.92. The van der Waals surface area contributed by atoms with E-state index in [4.69, 9.17) is 9.47 Å². The van der Waals surface area contributed by atoms with Crippen LogP contribution in [0.1, 0.15) is 28.4 Å². The number of non-ortho nitro benzene ring substituents is 1. The van der Waals surface area contributed by atoms with Crippen molar-refractivity contribution in [3.05, 3.63) is 63.2 Å². The molecule has 0 aromatic heterocycles. The van der Waals surface area contributed by atoms with Gasteiger partial charge >= 0.3 is 5.97 Å². The fraction of sp³-hybridized carbons (Fsp3) is 0.263. The summed E-state index contributed by atoms with van der Waals surface area (Å²) in [7, 11) is 1.33. The number of benzene rings is 2. The number of rotatable bonds is 6. The molecule has 0 aliphatic heterocycles. The Bertz CT molecular complexity index is 894. The zero-order chi connectivity index (χ0) is 20.1. The molecule has 0 saturated heterocycles. The van der Waals surface area contributed by atoms with Crippen LogP contribution >= 0.6 is 0 Å². The van der Waals surface area contributed by atoms with Gasteiger partial charge < -0.3 is 14.8 Å². The first kappa shape index (κ1) is 19.9. The molecule has 0 aliphatic rings. The lowest BCUT2D eigenvalue weighted by Gasteiger charge is -2.16. The minimum absolute atomic E-state index is 0.130. The van der Waals surface area contributed by atoms with Crippen LogP contribution in [0, 0.1) is 24.0 Å². The Kier molecular flexibility index (Phi) is 6.12. The Balaban J connectivity index is 2.10. The van der Waals surface area contributed by atoms with E-state index in [0.29, 0.717) is 5.56 Å². The molecule has 0 bridgehead atoms. The highest BCUT2D eigenvalue weighted by atomic mass is 16.6. The van der Waals surface area contributed by atoms with Gasteiger partial charge in [0.15, 0.2) is 6.10 Å². The molecule has 8 heteroatoms. The maximum atomic E-state index is 12.3. The SMILES string of the molecule is COc1cc([N+](=O)[O-])ccc1NC(=O)[C@@H](C)OC(=O)c1cc(C)ccc1C. The quantitative estimate of drug-likeness (QED) is 0.473. The first-order chi connectivity index (χ1) is 12.7. The number of nitrogens with zero attached hydrogens (tertiary/aromatic N) is 1. The van der Waals surface area contributed by atoms with E-state index in [2.05, 4.69) is 5.32 Å². The average Bonchev–Trinajstić information content (AvgIpc) is 2.63. The van der Waals surface area contributed by atoms with Gasteiger partial charge in [-0.25, -0.2) is 4.79 Å². The van der Waals surface area contributed by atoms with E-state index in [1.165, 1.54) is 32.2 Å². The molecule has 0 unspecified atom stereocenters. The first-order valence-corrected chi connectivity index (χ1v) is 8.14. The Labute approximate surface area is 156 Å². The van der Waals surface area contributed by atoms with Crippen LogP contribution in [0.5, 0.6) is 5.75 Å². The molecular formula is C19H20N2O6. The summed E-state index contributed by atoms with van der Waals surface area (Å²) in [5.41, 5.74) is 2.11. The monoisotopic (exact) mass is 372 g/mol. The number of esters is 1. The van der Waals surface area contributed by atoms with Gasteiger partial charge in [-0.1, -0.05) is 17.7 Å². The topological polar surface area (TPSA) is 108 Å². The molecule has 8 nitrogen and oxygen atoms in total. The van der Waals surface area contributed by atoms with E-state index in [0.717, 1.165) is 11.1 Å². The molecule has 0 radical (unpaired) electrons. The van der Waals surface area contributed by atoms with Crippen molar-refractivity contribution in [1.82, 2.24) is 0 Å². The van der Waals surface area contributed by atoms with Gasteiger partial charge in [0, 0.05) is 6.07 Å². The van der Waals surface area contributed by atoms with Crippen molar-refractivity contribution >= 4 is 23.3 Å². The Morgan fingerprint density at radius 2 is 1.85 bits per heavy atom. The van der Waals surface area contributed by atoms with Crippen LogP contribution < -0.4 is 10.1 Å². The first-order valence-electron chi connectivity index (χ1n) is 8.14. The van der Waals surface area contributed by atoms with Gasteiger partial charge in [0.1, 0.15) is 5.75 Å². The summed E-state index contributed by atoms with van der Waals surface area (Å²) in [6, 6.07) is 9.17. The van der Waals surface area contributed by atoms with Crippen LogP contribution in [0.25, 0.3) is 0 Å². The number of nitro benzene ring substituents is 1. The van der Waals surface area contributed by atoms with Gasteiger partial charge in [0.2, 0.25) is 0 Å². The Morgan fingerprint density at radius 1 is 1.15 bits per heavy atom. The predicted molar refractivity (Wildman–Crippen MR) is 99.1 cm³/mol. The van der Waals surface area contributed by atoms with Crippen LogP contribution in [0.2, 0.25) is 0 Å². The summed E-state index contributed by atoms with van der Waals surface area (Å²) in [6.07, 6.45) is -1.07. The van der Waals surface area contributed by atoms with E-state index >= 15 is 0 Å². The summed E-state index contributed by atoms with van der Waals surface area (Å²) in [5, 5.41) is 13.4. The second-order valence-corrected chi connectivity index (χ2v) is 6.00. The summed E-state index contributed by atoms with van der Waals surface area (Å²) in [5.74, 6) is -1.05. The molecule has 0 spiro atoms. The lowest BCUT2D eigenvalue weighted by molar-refractivity contribution is -0.384. The summed E-state index contributed by atoms with van der Waals surface area (Å²) in [6.45, 7) is 5.08. The number of methoxy groups -OCH3 is 1. The molecule has 0 saturated carbocycles. The molecule has 0 heterocycles. The molecule has 27 heavy (non-hydrogen) atoms. The van der Waals surface area contributed by atoms with Crippen molar-refractivity contribution in [2.75, 3.05) is 12.4 Å². The molecule has 1 amide bonds. The van der Waals surface area contributed by atoms with Crippen LogP contribution in [0.4, 0.5) is 11.4 Å². The lowest BCUT2D eigenvalue weighted by Crippen LogP contribution is -2.30. The van der Waals surface area contributed by atoms with Crippen LogP contribution in [-0.2, 0) is 9.53 Å². The number of nitrogens with one attached hydrogen (secondary N) is 1. The second-order valence-electron chi connectivity index (χ2n) is 6.00. The molecule has 0 fully saturated rings. The van der Waals surface area contributed by atoms with Gasteiger partial charge in [-0.2, -0.15) is 0 Å². The number of nitro groups is 1. The van der Waals surface area contributed by atoms with Crippen molar-refractivity contribution in [2.24, 2.45) is 0 Å². The van der Waals surface area contributed by atoms with Crippen LogP contribution in [0.15, 0.2) is 36.4 Å². The van der Waals surface area contributed by atoms with Gasteiger partial charge in [0.25, 0.3) is 11.6 Å². The highest BCUT2D eigenvalue weighted by Crippen LogP contribution is 2.29. The normalized spacial score (nSPS) is 11.4. The van der Waals surface area contributed by atoms with E-state index < -0.39 is 22.9 Å². The lowest BCUT2D eigenvalue weighted by atomic mass is 10.1. The van der Waals surface area contributed by atoms with Crippen molar-refractivity contribution in [3.8, 4) is 5.75 Å². The highest BCUT2D eigenvalue weighted by molar-refractivity contribution is 5.98. The van der Waals surface area contributed by atoms with E-state index in [9.17, 15) is 19.7 Å². The Morgan fingerprint density at radius 3 is 2.48 bits per heavy atom. The molecular weight excluding hydrogens is 352 g/mol. The van der Waals surface area contributed by atoms with Crippen molar-refractivity contribution in [2.45, 2.75) is 26.9 Å². The standard InChI is InChI=1S/C19H20N2O6/c1-11-5-6-12(2)15(9-11)19(23)27-13(3)18(22)20-16-8-7-14(21(24)25)10-17(16)26-4/h5-10,13H,1-4H3,(H,20,22)/t13-/m1/s1. The van der Waals surface area contributed by atoms with Gasteiger partial charge in [-0.15, -0.1) is 0 Å². The van der Waals surface area contributed by atoms with Crippen LogP contribution in [0.3, 0.4) is 0 Å². The third-order valence-corrected chi connectivity index (χ3v) is 3.92. The maximum absolute atomic E-state index is 12.3. The van der Waals surface area contributed by atoms with Crippen LogP contribution in [-0.4, -0.2) is 30.0 Å². The third kappa shape index (κ3) is 4.81. The summed E-state index contributed by atoms with van der Waals surface area (Å²) in [4.78, 5) is 34.9. The summed E-state index contributed by atoms with van der Waals surface area (Å²) >= 11 is 0. The van der Waals surface area contributed by atoms with Crippen molar-refractivity contribution in [1.29, 1.82) is 0 Å². The number of carbonyl (C=O) groups excluding carboxylic acids is 2. The smallest absolute Gasteiger partial charge is 0.339 e. The minimum Gasteiger partial charge on any atom is -0.494 e. The molecule has 2 aromatic rings. The van der Waals surface area contributed by atoms with E-state index in [-0.39, 0.29) is 17.1 Å². The number of ether oxygens (including phenoxy) is 2. The van der Waals surface area contributed by atoms with Gasteiger partial charge in [-0.3, -0.25) is 14.9 Å². The zero-order valence-electron chi connectivity index (χ0n) is 15.4. The number of amides is 1. The van der Waals surface area contributed by atoms with Crippen molar-refractivity contribution < 1.29 is 24.0 Å². The van der Waals surface area contributed by atoms with E-state index in [1.807, 2.05) is 13.0 Å².